The van der Waals surface area contributed by atoms with E-state index < -0.39 is 0 Å². The van der Waals surface area contributed by atoms with Crippen molar-refractivity contribution in [3.63, 3.8) is 0 Å². The predicted molar refractivity (Wildman–Crippen MR) is 94.5 cm³/mol. The minimum absolute atomic E-state index is 0.118. The highest BCUT2D eigenvalue weighted by Crippen LogP contribution is 2.42. The van der Waals surface area contributed by atoms with Crippen molar-refractivity contribution in [1.82, 2.24) is 0 Å². The first-order valence-corrected chi connectivity index (χ1v) is 9.34. The Bertz CT molecular complexity index is 872. The number of hydrogen-bond acceptors (Lipinski definition) is 1. The second-order valence-electron chi connectivity index (χ2n) is 6.59. The van der Waals surface area contributed by atoms with Gasteiger partial charge in [-0.3, -0.25) is 0 Å². The van der Waals surface area contributed by atoms with E-state index in [1.54, 1.807) is 0 Å². The predicted octanol–water partition coefficient (Wildman–Crippen LogP) is 6.94. The van der Waals surface area contributed by atoms with E-state index in [2.05, 4.69) is 0 Å². The van der Waals surface area contributed by atoms with Gasteiger partial charge in [0.15, 0.2) is 0 Å². The Balaban J connectivity index is 1.93. The molecule has 1 aliphatic rings. The van der Waals surface area contributed by atoms with Crippen LogP contribution in [0.3, 0.4) is 0 Å². The van der Waals surface area contributed by atoms with E-state index in [9.17, 15) is 4.39 Å². The zero-order chi connectivity index (χ0) is 16.0. The molecule has 1 aromatic heterocycles. The van der Waals surface area contributed by atoms with Gasteiger partial charge in [0.25, 0.3) is 0 Å². The first-order chi connectivity index (χ1) is 11.2. The highest BCUT2D eigenvalue weighted by molar-refractivity contribution is 7.25. The molecular weight excluding hydrogens is 310 g/mol. The average molecular weight is 330 g/mol. The zero-order valence-corrected chi connectivity index (χ0v) is 14.1. The van der Waals surface area contributed by atoms with Gasteiger partial charge in [0.05, 0.1) is 9.40 Å². The topological polar surface area (TPSA) is 0 Å². The van der Waals surface area contributed by atoms with Crippen LogP contribution in [0.2, 0.25) is 0 Å². The van der Waals surface area contributed by atoms with Crippen LogP contribution < -0.4 is 0 Å². The second kappa shape index (κ2) is 5.86. The minimum atomic E-state index is -0.160. The molecule has 0 radical (unpaired) electrons. The van der Waals surface area contributed by atoms with Gasteiger partial charge in [0.1, 0.15) is 11.6 Å². The van der Waals surface area contributed by atoms with E-state index in [1.807, 2.05) is 31.2 Å². The van der Waals surface area contributed by atoms with Crippen molar-refractivity contribution in [3.05, 3.63) is 47.0 Å². The minimum Gasteiger partial charge on any atom is -0.205 e. The zero-order valence-electron chi connectivity index (χ0n) is 13.3. The third kappa shape index (κ3) is 2.37. The summed E-state index contributed by atoms with van der Waals surface area (Å²) in [5.41, 5.74) is 1.57. The first kappa shape index (κ1) is 15.1. The van der Waals surface area contributed by atoms with Crippen molar-refractivity contribution < 1.29 is 8.78 Å². The van der Waals surface area contributed by atoms with Crippen LogP contribution in [0, 0.1) is 11.6 Å². The van der Waals surface area contributed by atoms with Crippen LogP contribution in [0.15, 0.2) is 24.3 Å². The van der Waals surface area contributed by atoms with Crippen molar-refractivity contribution in [2.45, 2.75) is 51.4 Å². The Kier molecular flexibility index (Phi) is 3.84. The molecule has 23 heavy (non-hydrogen) atoms. The Morgan fingerprint density at radius 2 is 1.61 bits per heavy atom. The van der Waals surface area contributed by atoms with Crippen LogP contribution in [-0.2, 0) is 6.42 Å². The smallest absolute Gasteiger partial charge is 0.144 e. The van der Waals surface area contributed by atoms with E-state index in [4.69, 9.17) is 0 Å². The van der Waals surface area contributed by atoms with Crippen LogP contribution >= 0.6 is 11.3 Å². The lowest BCUT2D eigenvalue weighted by Crippen LogP contribution is -1.96. The third-order valence-electron chi connectivity index (χ3n) is 5.11. The fraction of sp³-hybridized carbons (Fsp3) is 0.400. The van der Waals surface area contributed by atoms with Crippen LogP contribution in [0.1, 0.15) is 56.1 Å². The fourth-order valence-corrected chi connectivity index (χ4v) is 5.12. The quantitative estimate of drug-likeness (QED) is 0.488. The summed E-state index contributed by atoms with van der Waals surface area (Å²) in [7, 11) is 0. The van der Waals surface area contributed by atoms with E-state index >= 15 is 4.39 Å². The number of aryl methyl sites for hydroxylation is 1. The summed E-state index contributed by atoms with van der Waals surface area (Å²) in [6, 6.07) is 7.73. The summed E-state index contributed by atoms with van der Waals surface area (Å²) in [6.07, 6.45) is 6.15. The third-order valence-corrected chi connectivity index (χ3v) is 6.32. The van der Waals surface area contributed by atoms with E-state index in [1.165, 1.54) is 24.2 Å². The number of hydrogen-bond donors (Lipinski definition) is 0. The molecule has 3 heteroatoms. The molecule has 0 unspecified atom stereocenters. The molecule has 0 atom stereocenters. The Labute approximate surface area is 139 Å². The summed E-state index contributed by atoms with van der Waals surface area (Å²) >= 11 is 1.28. The maximum atomic E-state index is 15.0. The summed E-state index contributed by atoms with van der Waals surface area (Å²) in [5.74, 6) is 0.0597. The normalized spacial score (nSPS) is 16.0. The van der Waals surface area contributed by atoms with Crippen molar-refractivity contribution in [1.29, 1.82) is 0 Å². The van der Waals surface area contributed by atoms with Crippen LogP contribution in [-0.4, -0.2) is 0 Å². The van der Waals surface area contributed by atoms with Crippen molar-refractivity contribution in [2.75, 3.05) is 0 Å². The highest BCUT2D eigenvalue weighted by Gasteiger charge is 2.23. The maximum absolute atomic E-state index is 15.0. The van der Waals surface area contributed by atoms with Gasteiger partial charge in [-0.15, -0.1) is 11.3 Å². The average Bonchev–Trinajstić information content (AvgIpc) is 3.19. The number of thiophene rings is 1. The molecule has 1 saturated carbocycles. The Morgan fingerprint density at radius 1 is 0.957 bits per heavy atom. The molecule has 2 aromatic carbocycles. The van der Waals surface area contributed by atoms with Crippen molar-refractivity contribution >= 4 is 31.5 Å². The van der Waals surface area contributed by atoms with Crippen LogP contribution in [0.25, 0.3) is 20.2 Å². The lowest BCUT2D eigenvalue weighted by molar-refractivity contribution is 0.592. The van der Waals surface area contributed by atoms with E-state index in [-0.39, 0.29) is 11.6 Å². The SMILES string of the molecule is CCCc1ccc2c(sc3c(F)c(C4CCCC4)ccc32)c1F. The fourth-order valence-electron chi connectivity index (χ4n) is 3.91. The van der Waals surface area contributed by atoms with E-state index in [0.29, 0.717) is 15.3 Å². The molecule has 0 spiro atoms. The van der Waals surface area contributed by atoms with Gasteiger partial charge in [-0.1, -0.05) is 50.5 Å². The molecular formula is C20H20F2S. The summed E-state index contributed by atoms with van der Waals surface area (Å²) in [4.78, 5) is 0. The van der Waals surface area contributed by atoms with Crippen molar-refractivity contribution in [2.24, 2.45) is 0 Å². The molecule has 0 nitrogen and oxygen atoms in total. The maximum Gasteiger partial charge on any atom is 0.144 e. The molecule has 3 aromatic rings. The summed E-state index contributed by atoms with van der Waals surface area (Å²) < 4.78 is 31.0. The lowest BCUT2D eigenvalue weighted by Gasteiger charge is -2.11. The monoisotopic (exact) mass is 330 g/mol. The number of halogens is 2. The van der Waals surface area contributed by atoms with Gasteiger partial charge < -0.3 is 0 Å². The molecule has 0 aliphatic heterocycles. The van der Waals surface area contributed by atoms with E-state index in [0.717, 1.165) is 47.6 Å². The van der Waals surface area contributed by atoms with Gasteiger partial charge in [0.2, 0.25) is 0 Å². The first-order valence-electron chi connectivity index (χ1n) is 8.52. The molecule has 0 N–H and O–H groups in total. The number of benzene rings is 2. The molecule has 0 bridgehead atoms. The lowest BCUT2D eigenvalue weighted by atomic mass is 9.96. The summed E-state index contributed by atoms with van der Waals surface area (Å²) in [6.45, 7) is 2.04. The Morgan fingerprint density at radius 3 is 2.30 bits per heavy atom. The molecule has 1 heterocycles. The summed E-state index contributed by atoms with van der Waals surface area (Å²) in [5, 5.41) is 1.70. The molecule has 1 fully saturated rings. The van der Waals surface area contributed by atoms with Gasteiger partial charge in [0, 0.05) is 10.8 Å². The van der Waals surface area contributed by atoms with Crippen LogP contribution in [0.4, 0.5) is 8.78 Å². The number of rotatable bonds is 3. The number of fused-ring (bicyclic) bond motifs is 3. The Hall–Kier alpha value is -1.48. The molecule has 4 rings (SSSR count). The standard InChI is InChI=1S/C20H20F2S/c1-2-5-13-8-9-15-16-11-10-14(12-6-3-4-7-12)18(22)20(16)23-19(15)17(13)21/h8-12H,2-7H2,1H3. The van der Waals surface area contributed by atoms with Crippen molar-refractivity contribution in [3.8, 4) is 0 Å². The largest absolute Gasteiger partial charge is 0.205 e. The van der Waals surface area contributed by atoms with Gasteiger partial charge in [-0.2, -0.15) is 0 Å². The molecule has 0 saturated heterocycles. The van der Waals surface area contributed by atoms with Gasteiger partial charge in [-0.25, -0.2) is 8.78 Å². The second-order valence-corrected chi connectivity index (χ2v) is 7.61. The highest BCUT2D eigenvalue weighted by atomic mass is 32.1. The molecule has 120 valence electrons. The molecule has 1 aliphatic carbocycles. The molecule has 0 amide bonds. The van der Waals surface area contributed by atoms with Crippen LogP contribution in [0.5, 0.6) is 0 Å². The van der Waals surface area contributed by atoms with Gasteiger partial charge in [-0.05, 0) is 36.3 Å². The van der Waals surface area contributed by atoms with Gasteiger partial charge >= 0.3 is 0 Å².